The van der Waals surface area contributed by atoms with Crippen LogP contribution in [0.5, 0.6) is 0 Å². The number of halogens is 4. The lowest BCUT2D eigenvalue weighted by atomic mass is 10.0. The van der Waals surface area contributed by atoms with E-state index in [4.69, 9.17) is 0 Å². The van der Waals surface area contributed by atoms with Gasteiger partial charge in [-0.25, -0.2) is 17.6 Å². The zero-order valence-corrected chi connectivity index (χ0v) is 21.5. The van der Waals surface area contributed by atoms with Crippen molar-refractivity contribution in [1.82, 2.24) is 5.32 Å². The molecule has 2 atom stereocenters. The molecule has 10 heteroatoms. The summed E-state index contributed by atoms with van der Waals surface area (Å²) in [6.07, 6.45) is 0.260. The fourth-order valence-electron chi connectivity index (χ4n) is 4.33. The first-order valence-corrected chi connectivity index (χ1v) is 12.3. The fourth-order valence-corrected chi connectivity index (χ4v) is 4.33. The molecule has 0 aromatic heterocycles. The highest BCUT2D eigenvalue weighted by atomic mass is 19.1. The molecule has 0 heterocycles. The van der Waals surface area contributed by atoms with E-state index < -0.39 is 47.3 Å². The molecule has 0 amide bonds. The number of nitrogens with zero attached hydrogens (tertiary/aromatic N) is 1. The van der Waals surface area contributed by atoms with E-state index in [1.165, 1.54) is 0 Å². The van der Waals surface area contributed by atoms with Gasteiger partial charge in [-0.15, -0.1) is 0 Å². The molecule has 2 unspecified atom stereocenters. The molecule has 3 N–H and O–H groups in total. The molecule has 0 bridgehead atoms. The number of rotatable bonds is 13. The van der Waals surface area contributed by atoms with Gasteiger partial charge in [0.25, 0.3) is 0 Å². The first-order valence-electron chi connectivity index (χ1n) is 12.3. The van der Waals surface area contributed by atoms with Crippen molar-refractivity contribution in [3.63, 3.8) is 0 Å². The average molecular weight is 547 g/mol. The van der Waals surface area contributed by atoms with Crippen LogP contribution in [0.1, 0.15) is 37.0 Å². The highest BCUT2D eigenvalue weighted by molar-refractivity contribution is 5.77. The number of carboxylic acids is 2. The average Bonchev–Trinajstić information content (AvgIpc) is 2.81. The number of carboxylic acid groups (broad SMARTS) is 2. The molecule has 39 heavy (non-hydrogen) atoms. The Morgan fingerprint density at radius 3 is 1.54 bits per heavy atom. The van der Waals surface area contributed by atoms with Gasteiger partial charge in [0.05, 0.1) is 0 Å². The summed E-state index contributed by atoms with van der Waals surface area (Å²) in [5.74, 6) is -5.34. The lowest BCUT2D eigenvalue weighted by Crippen LogP contribution is -2.48. The minimum atomic E-state index is -1.20. The van der Waals surface area contributed by atoms with E-state index in [-0.39, 0.29) is 31.8 Å². The van der Waals surface area contributed by atoms with E-state index in [1.807, 2.05) is 13.8 Å². The molecule has 0 saturated heterocycles. The monoisotopic (exact) mass is 546 g/mol. The lowest BCUT2D eigenvalue weighted by Gasteiger charge is -2.26. The molecule has 0 radical (unpaired) electrons. The number of anilines is 1. The maximum Gasteiger partial charge on any atom is 0.321 e. The topological polar surface area (TPSA) is 89.9 Å². The van der Waals surface area contributed by atoms with E-state index in [9.17, 15) is 37.4 Å². The zero-order chi connectivity index (χ0) is 28.7. The quantitative estimate of drug-likeness (QED) is 0.244. The first-order chi connectivity index (χ1) is 18.4. The molecule has 0 aliphatic carbocycles. The molecule has 0 aliphatic heterocycles. The third-order valence-corrected chi connectivity index (χ3v) is 6.04. The van der Waals surface area contributed by atoms with Gasteiger partial charge in [-0.3, -0.25) is 14.9 Å². The minimum absolute atomic E-state index is 0.00169. The number of hydrogen-bond acceptors (Lipinski definition) is 4. The van der Waals surface area contributed by atoms with E-state index in [0.717, 1.165) is 36.4 Å². The van der Waals surface area contributed by atoms with E-state index in [1.54, 1.807) is 29.2 Å². The second-order valence-corrected chi connectivity index (χ2v) is 9.86. The zero-order valence-electron chi connectivity index (χ0n) is 21.5. The van der Waals surface area contributed by atoms with E-state index >= 15 is 0 Å². The van der Waals surface area contributed by atoms with Crippen molar-refractivity contribution in [3.05, 3.63) is 101 Å². The second kappa shape index (κ2) is 13.2. The summed E-state index contributed by atoms with van der Waals surface area (Å²) >= 11 is 0. The Morgan fingerprint density at radius 1 is 0.718 bits per heavy atom. The van der Waals surface area contributed by atoms with Crippen LogP contribution in [0, 0.1) is 29.2 Å². The van der Waals surface area contributed by atoms with E-state index in [2.05, 4.69) is 5.32 Å². The second-order valence-electron chi connectivity index (χ2n) is 9.86. The Morgan fingerprint density at radius 2 is 1.15 bits per heavy atom. The van der Waals surface area contributed by atoms with Crippen molar-refractivity contribution in [2.45, 2.75) is 51.9 Å². The molecule has 0 spiro atoms. The summed E-state index contributed by atoms with van der Waals surface area (Å²) in [5.41, 5.74) is 1.75. The number of benzene rings is 3. The molecule has 6 nitrogen and oxygen atoms in total. The summed E-state index contributed by atoms with van der Waals surface area (Å²) in [6, 6.07) is 10.6. The van der Waals surface area contributed by atoms with Gasteiger partial charge in [-0.2, -0.15) is 0 Å². The highest BCUT2D eigenvalue weighted by Gasteiger charge is 2.27. The Kier molecular flexibility index (Phi) is 10.1. The number of hydrogen-bond donors (Lipinski definition) is 3. The molecule has 3 aromatic rings. The summed E-state index contributed by atoms with van der Waals surface area (Å²) in [6.45, 7) is 3.71. The van der Waals surface area contributed by atoms with Crippen LogP contribution in [0.2, 0.25) is 0 Å². The summed E-state index contributed by atoms with van der Waals surface area (Å²) in [5, 5.41) is 21.9. The van der Waals surface area contributed by atoms with Gasteiger partial charge in [0.2, 0.25) is 0 Å². The van der Waals surface area contributed by atoms with Crippen LogP contribution < -0.4 is 10.2 Å². The molecule has 208 valence electrons. The van der Waals surface area contributed by atoms with Crippen LogP contribution in [0.15, 0.2) is 60.7 Å². The van der Waals surface area contributed by atoms with Gasteiger partial charge >= 0.3 is 11.9 Å². The lowest BCUT2D eigenvalue weighted by molar-refractivity contribution is -0.142. The number of aliphatic carboxylic acids is 2. The van der Waals surface area contributed by atoms with Crippen LogP contribution in [0.3, 0.4) is 0 Å². The van der Waals surface area contributed by atoms with Gasteiger partial charge in [-0.05, 0) is 71.8 Å². The van der Waals surface area contributed by atoms with Crippen molar-refractivity contribution in [2.24, 2.45) is 5.92 Å². The first kappa shape index (κ1) is 29.6. The molecule has 3 aromatic carbocycles. The Bertz CT molecular complexity index is 1210. The molecular weight excluding hydrogens is 516 g/mol. The molecular formula is C29H30F4N2O4. The Balaban J connectivity index is 1.85. The molecule has 3 rings (SSSR count). The minimum Gasteiger partial charge on any atom is -0.480 e. The third-order valence-electron chi connectivity index (χ3n) is 6.04. The SMILES string of the molecule is CC(C)CC(NC(Cc1ccc(N(Cc2cc(F)cc(F)c2)Cc2cc(F)cc(F)c2)cc1)C(=O)O)C(=O)O. The van der Waals surface area contributed by atoms with Crippen LogP contribution in [0.25, 0.3) is 0 Å². The van der Waals surface area contributed by atoms with Crippen molar-refractivity contribution < 1.29 is 37.4 Å². The standard InChI is InChI=1S/C29H30F4N2O4/c1-17(2)7-26(28(36)37)34-27(29(38)39)12-18-3-5-25(6-4-18)35(15-19-8-21(30)13-22(31)9-19)16-20-10-23(32)14-24(33)11-20/h3-6,8-11,13-14,17,26-27,34H,7,12,15-16H2,1-2H3,(H,36,37)(H,38,39). The van der Waals surface area contributed by atoms with Crippen molar-refractivity contribution >= 4 is 17.6 Å². The highest BCUT2D eigenvalue weighted by Crippen LogP contribution is 2.23. The summed E-state index contributed by atoms with van der Waals surface area (Å²) in [7, 11) is 0. The van der Waals surface area contributed by atoms with Gasteiger partial charge in [-0.1, -0.05) is 26.0 Å². The largest absolute Gasteiger partial charge is 0.480 e. The number of carbonyl (C=O) groups is 2. The Hall–Kier alpha value is -3.92. The van der Waals surface area contributed by atoms with Crippen LogP contribution in [0.4, 0.5) is 23.2 Å². The predicted molar refractivity (Wildman–Crippen MR) is 138 cm³/mol. The normalized spacial score (nSPS) is 12.8. The predicted octanol–water partition coefficient (Wildman–Crippen LogP) is 5.53. The van der Waals surface area contributed by atoms with Crippen LogP contribution in [-0.2, 0) is 29.1 Å². The van der Waals surface area contributed by atoms with Gasteiger partial charge < -0.3 is 15.1 Å². The molecule has 0 saturated carbocycles. The van der Waals surface area contributed by atoms with E-state index in [0.29, 0.717) is 22.4 Å². The van der Waals surface area contributed by atoms with Crippen molar-refractivity contribution in [3.8, 4) is 0 Å². The Labute approximate surface area is 223 Å². The smallest absolute Gasteiger partial charge is 0.321 e. The van der Waals surface area contributed by atoms with Gasteiger partial charge in [0.1, 0.15) is 35.4 Å². The van der Waals surface area contributed by atoms with Crippen LogP contribution >= 0.6 is 0 Å². The van der Waals surface area contributed by atoms with Crippen LogP contribution in [-0.4, -0.2) is 34.2 Å². The fraction of sp³-hybridized carbons (Fsp3) is 0.310. The maximum atomic E-state index is 13.8. The molecule has 0 aliphatic rings. The maximum absolute atomic E-state index is 13.8. The van der Waals surface area contributed by atoms with Crippen molar-refractivity contribution in [2.75, 3.05) is 4.90 Å². The van der Waals surface area contributed by atoms with Gasteiger partial charge in [0, 0.05) is 30.9 Å². The summed E-state index contributed by atoms with van der Waals surface area (Å²) in [4.78, 5) is 25.1. The third kappa shape index (κ3) is 9.10. The summed E-state index contributed by atoms with van der Waals surface area (Å²) < 4.78 is 55.3. The molecule has 0 fully saturated rings. The van der Waals surface area contributed by atoms with Gasteiger partial charge in [0.15, 0.2) is 0 Å². The van der Waals surface area contributed by atoms with Crippen molar-refractivity contribution in [1.29, 1.82) is 0 Å². The number of nitrogens with one attached hydrogen (secondary N) is 1.